The molecule has 4 heteroatoms. The van der Waals surface area contributed by atoms with E-state index in [1.54, 1.807) is 0 Å². The second-order valence-electron chi connectivity index (χ2n) is 3.76. The minimum atomic E-state index is -0.270. The Kier molecular flexibility index (Phi) is 3.77. The standard InChI is InChI=1S/C12H16N2O2/c15-12(14-9-4-8-13-14)16-10-7-11-5-2-1-3-6-11/h1-3,5-6,13H,4,7-10H2. The summed E-state index contributed by atoms with van der Waals surface area (Å²) in [5, 5.41) is 1.53. The van der Waals surface area contributed by atoms with Crippen molar-refractivity contribution in [3.8, 4) is 0 Å². The van der Waals surface area contributed by atoms with Crippen LogP contribution in [-0.4, -0.2) is 30.8 Å². The van der Waals surface area contributed by atoms with Gasteiger partial charge in [-0.15, -0.1) is 0 Å². The Bertz CT molecular complexity index is 334. The monoisotopic (exact) mass is 220 g/mol. The third-order valence-corrected chi connectivity index (χ3v) is 2.54. The first kappa shape index (κ1) is 11.0. The summed E-state index contributed by atoms with van der Waals surface area (Å²) in [5.41, 5.74) is 4.15. The highest BCUT2D eigenvalue weighted by Crippen LogP contribution is 2.02. The topological polar surface area (TPSA) is 41.6 Å². The summed E-state index contributed by atoms with van der Waals surface area (Å²) in [6.45, 7) is 2.03. The molecule has 16 heavy (non-hydrogen) atoms. The Labute approximate surface area is 95.2 Å². The van der Waals surface area contributed by atoms with Crippen molar-refractivity contribution >= 4 is 6.09 Å². The maximum Gasteiger partial charge on any atom is 0.424 e. The molecular weight excluding hydrogens is 204 g/mol. The molecule has 0 unspecified atom stereocenters. The summed E-state index contributed by atoms with van der Waals surface area (Å²) < 4.78 is 5.15. The van der Waals surface area contributed by atoms with Gasteiger partial charge in [0.2, 0.25) is 0 Å². The molecule has 0 spiro atoms. The quantitative estimate of drug-likeness (QED) is 0.840. The van der Waals surface area contributed by atoms with Crippen molar-refractivity contribution in [2.45, 2.75) is 12.8 Å². The van der Waals surface area contributed by atoms with Gasteiger partial charge in [-0.3, -0.25) is 0 Å². The third-order valence-electron chi connectivity index (χ3n) is 2.54. The molecule has 0 aromatic heterocycles. The molecule has 0 aliphatic carbocycles. The molecule has 1 heterocycles. The van der Waals surface area contributed by atoms with Gasteiger partial charge in [-0.2, -0.15) is 0 Å². The average molecular weight is 220 g/mol. The predicted octanol–water partition coefficient (Wildman–Crippen LogP) is 1.58. The Hall–Kier alpha value is -1.55. The lowest BCUT2D eigenvalue weighted by Gasteiger charge is -2.15. The highest BCUT2D eigenvalue weighted by Gasteiger charge is 2.18. The molecule has 1 N–H and O–H groups in total. The van der Waals surface area contributed by atoms with Gasteiger partial charge in [0.05, 0.1) is 6.61 Å². The van der Waals surface area contributed by atoms with E-state index in [0.29, 0.717) is 6.61 Å². The van der Waals surface area contributed by atoms with Crippen molar-refractivity contribution < 1.29 is 9.53 Å². The molecule has 1 aliphatic heterocycles. The number of rotatable bonds is 3. The summed E-state index contributed by atoms with van der Waals surface area (Å²) in [6.07, 6.45) is 1.49. The van der Waals surface area contributed by atoms with Crippen LogP contribution in [0.1, 0.15) is 12.0 Å². The summed E-state index contributed by atoms with van der Waals surface area (Å²) in [7, 11) is 0. The highest BCUT2D eigenvalue weighted by molar-refractivity contribution is 5.67. The molecule has 0 saturated carbocycles. The van der Waals surface area contributed by atoms with Gasteiger partial charge in [-0.25, -0.2) is 15.2 Å². The second kappa shape index (κ2) is 5.51. The predicted molar refractivity (Wildman–Crippen MR) is 60.8 cm³/mol. The van der Waals surface area contributed by atoms with Crippen LogP contribution in [0.3, 0.4) is 0 Å². The highest BCUT2D eigenvalue weighted by atomic mass is 16.6. The number of hydrogen-bond donors (Lipinski definition) is 1. The number of carbonyl (C=O) groups is 1. The number of hydrazine groups is 1. The minimum absolute atomic E-state index is 0.270. The van der Waals surface area contributed by atoms with E-state index in [2.05, 4.69) is 5.43 Å². The Morgan fingerprint density at radius 1 is 1.38 bits per heavy atom. The van der Waals surface area contributed by atoms with Crippen LogP contribution in [0.25, 0.3) is 0 Å². The number of ether oxygens (including phenoxy) is 1. The van der Waals surface area contributed by atoms with Crippen LogP contribution in [0.4, 0.5) is 4.79 Å². The average Bonchev–Trinajstić information content (AvgIpc) is 2.84. The van der Waals surface area contributed by atoms with E-state index in [1.807, 2.05) is 30.3 Å². The minimum Gasteiger partial charge on any atom is -0.448 e. The number of amides is 1. The molecule has 1 aromatic rings. The van der Waals surface area contributed by atoms with Crippen molar-refractivity contribution in [2.75, 3.05) is 19.7 Å². The second-order valence-corrected chi connectivity index (χ2v) is 3.76. The van der Waals surface area contributed by atoms with Gasteiger partial charge in [-0.1, -0.05) is 30.3 Å². The third kappa shape index (κ3) is 2.97. The molecule has 1 saturated heterocycles. The summed E-state index contributed by atoms with van der Waals surface area (Å²) in [5.74, 6) is 0. The van der Waals surface area contributed by atoms with Gasteiger partial charge in [0.1, 0.15) is 0 Å². The summed E-state index contributed by atoms with van der Waals surface area (Å²) >= 11 is 0. The molecule has 86 valence electrons. The zero-order chi connectivity index (χ0) is 11.2. The fourth-order valence-electron chi connectivity index (χ4n) is 1.66. The summed E-state index contributed by atoms with van der Waals surface area (Å²) in [6, 6.07) is 10.0. The van der Waals surface area contributed by atoms with E-state index in [-0.39, 0.29) is 6.09 Å². The van der Waals surface area contributed by atoms with Crippen LogP contribution in [0, 0.1) is 0 Å². The molecule has 2 rings (SSSR count). The maximum atomic E-state index is 11.5. The molecule has 1 fully saturated rings. The van der Waals surface area contributed by atoms with Gasteiger partial charge in [0.25, 0.3) is 0 Å². The van der Waals surface area contributed by atoms with Crippen LogP contribution < -0.4 is 5.43 Å². The molecule has 0 bridgehead atoms. The van der Waals surface area contributed by atoms with Crippen LogP contribution >= 0.6 is 0 Å². The van der Waals surface area contributed by atoms with Gasteiger partial charge in [0, 0.05) is 19.5 Å². The van der Waals surface area contributed by atoms with E-state index in [0.717, 1.165) is 25.9 Å². The lowest BCUT2D eigenvalue weighted by Crippen LogP contribution is -2.37. The van der Waals surface area contributed by atoms with Crippen molar-refractivity contribution in [2.24, 2.45) is 0 Å². The zero-order valence-corrected chi connectivity index (χ0v) is 9.19. The van der Waals surface area contributed by atoms with Crippen molar-refractivity contribution in [3.05, 3.63) is 35.9 Å². The van der Waals surface area contributed by atoms with Crippen molar-refractivity contribution in [1.82, 2.24) is 10.4 Å². The first-order chi connectivity index (χ1) is 7.86. The molecule has 1 amide bonds. The van der Waals surface area contributed by atoms with Gasteiger partial charge in [-0.05, 0) is 12.0 Å². The lowest BCUT2D eigenvalue weighted by molar-refractivity contribution is 0.0972. The number of carbonyl (C=O) groups excluding carboxylic acids is 1. The van der Waals surface area contributed by atoms with Crippen molar-refractivity contribution in [3.63, 3.8) is 0 Å². The lowest BCUT2D eigenvalue weighted by atomic mass is 10.2. The zero-order valence-electron chi connectivity index (χ0n) is 9.19. The largest absolute Gasteiger partial charge is 0.448 e. The van der Waals surface area contributed by atoms with E-state index in [9.17, 15) is 4.79 Å². The van der Waals surface area contributed by atoms with E-state index in [1.165, 1.54) is 10.6 Å². The Morgan fingerprint density at radius 2 is 2.19 bits per heavy atom. The van der Waals surface area contributed by atoms with Crippen LogP contribution in [-0.2, 0) is 11.2 Å². The Balaban J connectivity index is 1.70. The first-order valence-corrected chi connectivity index (χ1v) is 5.58. The number of nitrogens with zero attached hydrogens (tertiary/aromatic N) is 1. The van der Waals surface area contributed by atoms with E-state index in [4.69, 9.17) is 4.74 Å². The van der Waals surface area contributed by atoms with Gasteiger partial charge < -0.3 is 4.74 Å². The molecule has 1 aliphatic rings. The molecule has 4 nitrogen and oxygen atoms in total. The number of hydrogen-bond acceptors (Lipinski definition) is 3. The van der Waals surface area contributed by atoms with E-state index < -0.39 is 0 Å². The molecule has 0 radical (unpaired) electrons. The number of benzene rings is 1. The first-order valence-electron chi connectivity index (χ1n) is 5.58. The fourth-order valence-corrected chi connectivity index (χ4v) is 1.66. The van der Waals surface area contributed by atoms with Gasteiger partial charge >= 0.3 is 6.09 Å². The number of nitrogens with one attached hydrogen (secondary N) is 1. The maximum absolute atomic E-state index is 11.5. The van der Waals surface area contributed by atoms with Crippen LogP contribution in [0.15, 0.2) is 30.3 Å². The van der Waals surface area contributed by atoms with Crippen LogP contribution in [0.2, 0.25) is 0 Å². The fraction of sp³-hybridized carbons (Fsp3) is 0.417. The molecule has 1 aromatic carbocycles. The van der Waals surface area contributed by atoms with Crippen LogP contribution in [0.5, 0.6) is 0 Å². The van der Waals surface area contributed by atoms with Crippen molar-refractivity contribution in [1.29, 1.82) is 0 Å². The van der Waals surface area contributed by atoms with Gasteiger partial charge in [0.15, 0.2) is 0 Å². The smallest absolute Gasteiger partial charge is 0.424 e. The Morgan fingerprint density at radius 3 is 2.88 bits per heavy atom. The van der Waals surface area contributed by atoms with E-state index >= 15 is 0 Å². The normalized spacial score (nSPS) is 15.1. The molecular formula is C12H16N2O2. The summed E-state index contributed by atoms with van der Waals surface area (Å²) in [4.78, 5) is 11.5. The SMILES string of the molecule is O=C(OCCc1ccccc1)N1CCCN1. The molecule has 0 atom stereocenters.